The van der Waals surface area contributed by atoms with Gasteiger partial charge < -0.3 is 20.5 Å². The van der Waals surface area contributed by atoms with Gasteiger partial charge in [0.15, 0.2) is 6.61 Å². The number of amides is 1. The number of esters is 1. The zero-order chi connectivity index (χ0) is 22.6. The molecule has 166 valence electrons. The smallest absolute Gasteiger partial charge is 0.340 e. The first kappa shape index (κ1) is 23.3. The molecular weight excluding hydrogens is 469 g/mol. The van der Waals surface area contributed by atoms with Crippen molar-refractivity contribution in [1.82, 2.24) is 4.31 Å². The second kappa shape index (κ2) is 9.84. The highest BCUT2D eigenvalue weighted by Crippen LogP contribution is 2.28. The first-order chi connectivity index (χ1) is 14.7. The summed E-state index contributed by atoms with van der Waals surface area (Å²) in [7, 11) is -3.63. The topological polar surface area (TPSA) is 128 Å². The third-order valence-corrected chi connectivity index (χ3v) is 6.84. The number of nitrogens with two attached hydrogens (primary N) is 1. The standard InChI is InChI=1S/C19H19Cl2N3O6S/c20-12-9-15(18(22)16(21)10-12)19(26)30-11-17(25)23-13-1-3-14(4-2-13)31(27,28)24-5-7-29-8-6-24/h1-4,9-10H,5-8,11,22H2,(H,23,25). The van der Waals surface area contributed by atoms with E-state index in [1.807, 2.05) is 0 Å². The number of benzene rings is 2. The van der Waals surface area contributed by atoms with Crippen LogP contribution in [0.25, 0.3) is 0 Å². The normalized spacial score (nSPS) is 14.8. The number of rotatable bonds is 6. The minimum atomic E-state index is -3.63. The third kappa shape index (κ3) is 5.66. The summed E-state index contributed by atoms with van der Waals surface area (Å²) < 4.78 is 36.7. The Kier molecular flexibility index (Phi) is 7.39. The molecule has 0 bridgehead atoms. The number of carbonyl (C=O) groups excluding carboxylic acids is 2. The molecule has 9 nitrogen and oxygen atoms in total. The molecule has 0 unspecified atom stereocenters. The van der Waals surface area contributed by atoms with Crippen LogP contribution in [0.3, 0.4) is 0 Å². The summed E-state index contributed by atoms with van der Waals surface area (Å²) in [6.45, 7) is 0.678. The Morgan fingerprint density at radius 2 is 1.77 bits per heavy atom. The molecule has 1 fully saturated rings. The number of anilines is 2. The van der Waals surface area contributed by atoms with Crippen LogP contribution in [-0.2, 0) is 24.3 Å². The summed E-state index contributed by atoms with van der Waals surface area (Å²) in [6, 6.07) is 8.34. The molecule has 2 aromatic carbocycles. The van der Waals surface area contributed by atoms with Gasteiger partial charge in [-0.15, -0.1) is 0 Å². The second-order valence-corrected chi connectivity index (χ2v) is 9.30. The molecule has 1 amide bonds. The summed E-state index contributed by atoms with van der Waals surface area (Å²) in [4.78, 5) is 24.3. The van der Waals surface area contributed by atoms with Crippen LogP contribution >= 0.6 is 23.2 Å². The maximum absolute atomic E-state index is 12.6. The Hall–Kier alpha value is -2.37. The lowest BCUT2D eigenvalue weighted by Gasteiger charge is -2.26. The average Bonchev–Trinajstić information content (AvgIpc) is 2.75. The van der Waals surface area contributed by atoms with Crippen LogP contribution in [0.1, 0.15) is 10.4 Å². The molecule has 0 radical (unpaired) electrons. The highest BCUT2D eigenvalue weighted by molar-refractivity contribution is 7.89. The van der Waals surface area contributed by atoms with E-state index in [1.165, 1.54) is 40.7 Å². The van der Waals surface area contributed by atoms with Gasteiger partial charge in [-0.3, -0.25) is 4.79 Å². The Balaban J connectivity index is 1.58. The maximum Gasteiger partial charge on any atom is 0.340 e. The van der Waals surface area contributed by atoms with Crippen molar-refractivity contribution in [3.8, 4) is 0 Å². The zero-order valence-corrected chi connectivity index (χ0v) is 18.5. The van der Waals surface area contributed by atoms with Crippen molar-refractivity contribution < 1.29 is 27.5 Å². The fraction of sp³-hybridized carbons (Fsp3) is 0.263. The van der Waals surface area contributed by atoms with Gasteiger partial charge in [-0.25, -0.2) is 13.2 Å². The van der Waals surface area contributed by atoms with Crippen molar-refractivity contribution in [3.05, 3.63) is 52.0 Å². The number of hydrogen-bond donors (Lipinski definition) is 2. The predicted octanol–water partition coefficient (Wildman–Crippen LogP) is 2.39. The van der Waals surface area contributed by atoms with Crippen LogP contribution in [0.4, 0.5) is 11.4 Å². The average molecular weight is 488 g/mol. The van der Waals surface area contributed by atoms with E-state index in [-0.39, 0.29) is 39.3 Å². The molecule has 0 spiro atoms. The van der Waals surface area contributed by atoms with Crippen LogP contribution in [0.5, 0.6) is 0 Å². The van der Waals surface area contributed by atoms with E-state index < -0.39 is 28.5 Å². The van der Waals surface area contributed by atoms with Gasteiger partial charge >= 0.3 is 5.97 Å². The van der Waals surface area contributed by atoms with Gasteiger partial charge in [-0.05, 0) is 36.4 Å². The van der Waals surface area contributed by atoms with E-state index in [0.29, 0.717) is 18.9 Å². The van der Waals surface area contributed by atoms with Crippen molar-refractivity contribution in [2.75, 3.05) is 44.0 Å². The van der Waals surface area contributed by atoms with Crippen LogP contribution < -0.4 is 11.1 Å². The van der Waals surface area contributed by atoms with Gasteiger partial charge in [0.1, 0.15) is 0 Å². The van der Waals surface area contributed by atoms with Crippen molar-refractivity contribution in [2.45, 2.75) is 4.90 Å². The Labute approximate surface area is 189 Å². The quantitative estimate of drug-likeness (QED) is 0.472. The van der Waals surface area contributed by atoms with E-state index in [1.54, 1.807) is 0 Å². The predicted molar refractivity (Wildman–Crippen MR) is 116 cm³/mol. The minimum Gasteiger partial charge on any atom is -0.452 e. The van der Waals surface area contributed by atoms with Crippen molar-refractivity contribution >= 4 is 56.5 Å². The molecule has 1 heterocycles. The van der Waals surface area contributed by atoms with Crippen molar-refractivity contribution in [3.63, 3.8) is 0 Å². The fourth-order valence-electron chi connectivity index (χ4n) is 2.81. The number of carbonyl (C=O) groups is 2. The van der Waals surface area contributed by atoms with Gasteiger partial charge in [0.05, 0.1) is 34.4 Å². The molecule has 0 saturated carbocycles. The van der Waals surface area contributed by atoms with Crippen molar-refractivity contribution in [2.24, 2.45) is 0 Å². The molecule has 0 aromatic heterocycles. The molecule has 1 saturated heterocycles. The monoisotopic (exact) mass is 487 g/mol. The van der Waals surface area contributed by atoms with Crippen molar-refractivity contribution in [1.29, 1.82) is 0 Å². The molecule has 0 atom stereocenters. The Morgan fingerprint density at radius 1 is 1.13 bits per heavy atom. The summed E-state index contributed by atoms with van der Waals surface area (Å²) in [5, 5.41) is 2.81. The van der Waals surface area contributed by atoms with E-state index in [0.717, 1.165) is 0 Å². The second-order valence-electron chi connectivity index (χ2n) is 6.51. The van der Waals surface area contributed by atoms with Gasteiger partial charge in [0.2, 0.25) is 10.0 Å². The van der Waals surface area contributed by atoms with Gasteiger partial charge in [-0.2, -0.15) is 4.31 Å². The van der Waals surface area contributed by atoms with E-state index in [2.05, 4.69) is 5.32 Å². The number of nitrogens with zero attached hydrogens (tertiary/aromatic N) is 1. The number of nitrogen functional groups attached to an aromatic ring is 1. The van der Waals surface area contributed by atoms with E-state index in [9.17, 15) is 18.0 Å². The summed E-state index contributed by atoms with van der Waals surface area (Å²) in [5.74, 6) is -1.48. The van der Waals surface area contributed by atoms with Crippen LogP contribution in [0, 0.1) is 0 Å². The SMILES string of the molecule is Nc1c(Cl)cc(Cl)cc1C(=O)OCC(=O)Nc1ccc(S(=O)(=O)N2CCOCC2)cc1. The van der Waals surface area contributed by atoms with Crippen LogP contribution in [0.2, 0.25) is 10.0 Å². The highest BCUT2D eigenvalue weighted by atomic mass is 35.5. The number of ether oxygens (including phenoxy) is 2. The van der Waals surface area contributed by atoms with Gasteiger partial charge in [-0.1, -0.05) is 23.2 Å². The third-order valence-electron chi connectivity index (χ3n) is 4.39. The Bertz CT molecular complexity index is 1090. The number of sulfonamides is 1. The zero-order valence-electron chi connectivity index (χ0n) is 16.1. The molecule has 2 aromatic rings. The molecular formula is C19H19Cl2N3O6S. The highest BCUT2D eigenvalue weighted by Gasteiger charge is 2.26. The lowest BCUT2D eigenvalue weighted by molar-refractivity contribution is -0.119. The van der Waals surface area contributed by atoms with Gasteiger partial charge in [0.25, 0.3) is 5.91 Å². The number of halogens is 2. The molecule has 1 aliphatic heterocycles. The fourth-order valence-corrected chi connectivity index (χ4v) is 4.71. The summed E-state index contributed by atoms with van der Waals surface area (Å²) >= 11 is 11.7. The van der Waals surface area contributed by atoms with Crippen LogP contribution in [-0.4, -0.2) is 57.5 Å². The van der Waals surface area contributed by atoms with E-state index >= 15 is 0 Å². The number of morpholine rings is 1. The molecule has 31 heavy (non-hydrogen) atoms. The minimum absolute atomic E-state index is 0.00598. The number of hydrogen-bond acceptors (Lipinski definition) is 7. The molecule has 3 N–H and O–H groups in total. The lowest BCUT2D eigenvalue weighted by Crippen LogP contribution is -2.40. The molecule has 0 aliphatic carbocycles. The summed E-state index contributed by atoms with van der Waals surface area (Å²) in [5.41, 5.74) is 6.02. The molecule has 1 aliphatic rings. The first-order valence-corrected chi connectivity index (χ1v) is 11.3. The van der Waals surface area contributed by atoms with E-state index in [4.69, 9.17) is 38.4 Å². The molecule has 3 rings (SSSR count). The number of nitrogens with one attached hydrogen (secondary N) is 1. The first-order valence-electron chi connectivity index (χ1n) is 9.08. The summed E-state index contributed by atoms with van der Waals surface area (Å²) in [6.07, 6.45) is 0. The maximum atomic E-state index is 12.6. The lowest BCUT2D eigenvalue weighted by atomic mass is 10.2. The molecule has 12 heteroatoms. The largest absolute Gasteiger partial charge is 0.452 e. The van der Waals surface area contributed by atoms with Crippen LogP contribution in [0.15, 0.2) is 41.3 Å². The Morgan fingerprint density at radius 3 is 2.42 bits per heavy atom. The van der Waals surface area contributed by atoms with Gasteiger partial charge in [0, 0.05) is 23.8 Å².